The van der Waals surface area contributed by atoms with E-state index in [1.807, 2.05) is 39.5 Å². The highest BCUT2D eigenvalue weighted by Crippen LogP contribution is 2.27. The first kappa shape index (κ1) is 14.1. The lowest BCUT2D eigenvalue weighted by atomic mass is 10.1. The van der Waals surface area contributed by atoms with E-state index in [2.05, 4.69) is 4.98 Å². The van der Waals surface area contributed by atoms with Gasteiger partial charge in [0, 0.05) is 10.9 Å². The molecule has 0 saturated carbocycles. The maximum atomic E-state index is 10.9. The van der Waals surface area contributed by atoms with Crippen molar-refractivity contribution in [3.8, 4) is 0 Å². The van der Waals surface area contributed by atoms with Crippen molar-refractivity contribution in [2.24, 2.45) is 0 Å². The molecule has 1 rings (SSSR count). The van der Waals surface area contributed by atoms with E-state index < -0.39 is 5.97 Å². The average Bonchev–Trinajstić information content (AvgIpc) is 2.52. The molecule has 0 aliphatic heterocycles. The molecule has 1 atom stereocenters. The fraction of sp³-hybridized carbons (Fsp3) is 0.667. The molecule has 0 amide bonds. The van der Waals surface area contributed by atoms with Crippen molar-refractivity contribution < 1.29 is 9.90 Å². The molecule has 1 heterocycles. The number of thiazole rings is 1. The quantitative estimate of drug-likeness (QED) is 0.880. The van der Waals surface area contributed by atoms with E-state index >= 15 is 0 Å². The van der Waals surface area contributed by atoms with Gasteiger partial charge < -0.3 is 5.11 Å². The monoisotopic (exact) mass is 256 g/mol. The highest BCUT2D eigenvalue weighted by atomic mass is 32.1. The standard InChI is InChI=1S/C12H20N2O2S/c1-7(2)14(6-11(15)16)8(3)12-9(4)17-10(5)13-12/h7-8H,6H2,1-5H3,(H,15,16). The Morgan fingerprint density at radius 2 is 2.00 bits per heavy atom. The largest absolute Gasteiger partial charge is 0.480 e. The predicted octanol–water partition coefficient (Wildman–Crippen LogP) is 2.62. The summed E-state index contributed by atoms with van der Waals surface area (Å²) in [5.74, 6) is -0.796. The summed E-state index contributed by atoms with van der Waals surface area (Å²) in [7, 11) is 0. The summed E-state index contributed by atoms with van der Waals surface area (Å²) in [6, 6.07) is 0.221. The Labute approximate surface area is 106 Å². The predicted molar refractivity (Wildman–Crippen MR) is 69.5 cm³/mol. The molecule has 0 aliphatic rings. The number of nitrogens with zero attached hydrogens (tertiary/aromatic N) is 2. The Morgan fingerprint density at radius 1 is 1.41 bits per heavy atom. The minimum Gasteiger partial charge on any atom is -0.480 e. The molecular formula is C12H20N2O2S. The van der Waals surface area contributed by atoms with Crippen LogP contribution >= 0.6 is 11.3 Å². The third-order valence-electron chi connectivity index (χ3n) is 2.81. The van der Waals surface area contributed by atoms with Crippen molar-refractivity contribution in [1.82, 2.24) is 9.88 Å². The van der Waals surface area contributed by atoms with Crippen LogP contribution in [0.25, 0.3) is 0 Å². The van der Waals surface area contributed by atoms with Gasteiger partial charge in [0.15, 0.2) is 0 Å². The van der Waals surface area contributed by atoms with Crippen molar-refractivity contribution in [3.63, 3.8) is 0 Å². The van der Waals surface area contributed by atoms with Gasteiger partial charge >= 0.3 is 5.97 Å². The van der Waals surface area contributed by atoms with Crippen LogP contribution in [0.15, 0.2) is 0 Å². The summed E-state index contributed by atoms with van der Waals surface area (Å²) < 4.78 is 0. The van der Waals surface area contributed by atoms with E-state index in [0.717, 1.165) is 10.7 Å². The topological polar surface area (TPSA) is 53.4 Å². The van der Waals surface area contributed by atoms with E-state index in [9.17, 15) is 4.79 Å². The summed E-state index contributed by atoms with van der Waals surface area (Å²) in [4.78, 5) is 18.5. The van der Waals surface area contributed by atoms with Crippen LogP contribution in [0.4, 0.5) is 0 Å². The number of hydrogen-bond donors (Lipinski definition) is 1. The van der Waals surface area contributed by atoms with Crippen molar-refractivity contribution in [3.05, 3.63) is 15.6 Å². The lowest BCUT2D eigenvalue weighted by Gasteiger charge is -2.30. The highest BCUT2D eigenvalue weighted by Gasteiger charge is 2.24. The Balaban J connectivity index is 2.95. The van der Waals surface area contributed by atoms with Crippen molar-refractivity contribution >= 4 is 17.3 Å². The van der Waals surface area contributed by atoms with Gasteiger partial charge in [-0.1, -0.05) is 0 Å². The van der Waals surface area contributed by atoms with E-state index in [-0.39, 0.29) is 18.6 Å². The Kier molecular flexibility index (Phi) is 4.65. The molecule has 4 nitrogen and oxygen atoms in total. The van der Waals surface area contributed by atoms with Gasteiger partial charge in [-0.2, -0.15) is 0 Å². The summed E-state index contributed by atoms with van der Waals surface area (Å²) in [5.41, 5.74) is 1.00. The number of rotatable bonds is 5. The Hall–Kier alpha value is -0.940. The summed E-state index contributed by atoms with van der Waals surface area (Å²) in [6.45, 7) is 10.1. The van der Waals surface area contributed by atoms with Gasteiger partial charge in [0.1, 0.15) is 0 Å². The van der Waals surface area contributed by atoms with Gasteiger partial charge in [0.05, 0.1) is 23.3 Å². The van der Waals surface area contributed by atoms with Crippen LogP contribution in [0.3, 0.4) is 0 Å². The zero-order valence-corrected chi connectivity index (χ0v) is 11.8. The Bertz CT molecular complexity index is 401. The molecule has 0 radical (unpaired) electrons. The van der Waals surface area contributed by atoms with Crippen molar-refractivity contribution in [1.29, 1.82) is 0 Å². The van der Waals surface area contributed by atoms with Gasteiger partial charge in [-0.3, -0.25) is 9.69 Å². The highest BCUT2D eigenvalue weighted by molar-refractivity contribution is 7.11. The van der Waals surface area contributed by atoms with Crippen LogP contribution in [-0.2, 0) is 4.79 Å². The summed E-state index contributed by atoms with van der Waals surface area (Å²) in [5, 5.41) is 9.97. The van der Waals surface area contributed by atoms with Gasteiger partial charge in [0.2, 0.25) is 0 Å². The number of carbonyl (C=O) groups is 1. The first-order chi connectivity index (χ1) is 7.82. The molecule has 17 heavy (non-hydrogen) atoms. The number of aryl methyl sites for hydroxylation is 2. The minimum absolute atomic E-state index is 0.0380. The van der Waals surface area contributed by atoms with Gasteiger partial charge in [-0.05, 0) is 34.6 Å². The normalized spacial score (nSPS) is 13.4. The number of carboxylic acids is 1. The molecule has 0 bridgehead atoms. The van der Waals surface area contributed by atoms with Crippen LogP contribution in [0.1, 0.15) is 42.4 Å². The summed E-state index contributed by atoms with van der Waals surface area (Å²) >= 11 is 1.66. The molecule has 0 fully saturated rings. The maximum absolute atomic E-state index is 10.9. The second-order valence-electron chi connectivity index (χ2n) is 4.51. The van der Waals surface area contributed by atoms with E-state index in [4.69, 9.17) is 5.11 Å². The molecule has 1 N–H and O–H groups in total. The first-order valence-corrected chi connectivity index (χ1v) is 6.56. The molecule has 96 valence electrons. The van der Waals surface area contributed by atoms with Gasteiger partial charge in [0.25, 0.3) is 0 Å². The summed E-state index contributed by atoms with van der Waals surface area (Å²) in [6.07, 6.45) is 0. The average molecular weight is 256 g/mol. The molecule has 1 unspecified atom stereocenters. The third-order valence-corrected chi connectivity index (χ3v) is 3.72. The van der Waals surface area contributed by atoms with Gasteiger partial charge in [-0.15, -0.1) is 11.3 Å². The molecule has 0 spiro atoms. The van der Waals surface area contributed by atoms with Crippen LogP contribution in [0.5, 0.6) is 0 Å². The Morgan fingerprint density at radius 3 is 2.35 bits per heavy atom. The van der Waals surface area contributed by atoms with Crippen LogP contribution in [0, 0.1) is 13.8 Å². The van der Waals surface area contributed by atoms with Crippen LogP contribution in [0.2, 0.25) is 0 Å². The zero-order chi connectivity index (χ0) is 13.2. The molecule has 5 heteroatoms. The van der Waals surface area contributed by atoms with Crippen molar-refractivity contribution in [2.45, 2.75) is 46.7 Å². The van der Waals surface area contributed by atoms with E-state index in [1.54, 1.807) is 11.3 Å². The third kappa shape index (κ3) is 3.51. The number of carboxylic acid groups (broad SMARTS) is 1. The van der Waals surface area contributed by atoms with E-state index in [1.165, 1.54) is 4.88 Å². The zero-order valence-electron chi connectivity index (χ0n) is 11.0. The number of aliphatic carboxylic acids is 1. The van der Waals surface area contributed by atoms with Crippen LogP contribution in [-0.4, -0.2) is 33.5 Å². The number of aromatic nitrogens is 1. The van der Waals surface area contributed by atoms with Crippen molar-refractivity contribution in [2.75, 3.05) is 6.54 Å². The molecule has 1 aromatic heterocycles. The molecule has 0 aliphatic carbocycles. The molecular weight excluding hydrogens is 236 g/mol. The lowest BCUT2D eigenvalue weighted by Crippen LogP contribution is -2.38. The molecule has 0 aromatic carbocycles. The smallest absolute Gasteiger partial charge is 0.317 e. The van der Waals surface area contributed by atoms with Gasteiger partial charge in [-0.25, -0.2) is 4.98 Å². The van der Waals surface area contributed by atoms with Crippen LogP contribution < -0.4 is 0 Å². The minimum atomic E-state index is -0.796. The fourth-order valence-corrected chi connectivity index (χ4v) is 2.92. The fourth-order valence-electron chi connectivity index (χ4n) is 2.01. The number of hydrogen-bond acceptors (Lipinski definition) is 4. The second kappa shape index (κ2) is 5.60. The molecule has 1 aromatic rings. The SMILES string of the molecule is Cc1nc(C(C)N(CC(=O)O)C(C)C)c(C)s1. The molecule has 0 saturated heterocycles. The maximum Gasteiger partial charge on any atom is 0.317 e. The van der Waals surface area contributed by atoms with E-state index in [0.29, 0.717) is 0 Å². The first-order valence-electron chi connectivity index (χ1n) is 5.74. The second-order valence-corrected chi connectivity index (χ2v) is 5.92. The lowest BCUT2D eigenvalue weighted by molar-refractivity contribution is -0.139.